The highest BCUT2D eigenvalue weighted by atomic mass is 79.9. The van der Waals surface area contributed by atoms with Crippen LogP contribution in [0, 0.1) is 0 Å². The van der Waals surface area contributed by atoms with E-state index in [2.05, 4.69) is 15.9 Å². The molecule has 2 fully saturated rings. The van der Waals surface area contributed by atoms with E-state index in [1.807, 2.05) is 12.1 Å². The van der Waals surface area contributed by atoms with Gasteiger partial charge in [-0.2, -0.15) is 0 Å². The summed E-state index contributed by atoms with van der Waals surface area (Å²) in [5, 5.41) is 0. The van der Waals surface area contributed by atoms with E-state index in [0.717, 1.165) is 22.9 Å². The van der Waals surface area contributed by atoms with Crippen LogP contribution < -0.4 is 4.74 Å². The molecule has 1 saturated heterocycles. The lowest BCUT2D eigenvalue weighted by molar-refractivity contribution is -0.0508. The lowest BCUT2D eigenvalue weighted by Gasteiger charge is -2.23. The molecule has 108 valence electrons. The first-order chi connectivity index (χ1) is 9.71. The number of aldehydes is 1. The van der Waals surface area contributed by atoms with Crippen molar-refractivity contribution in [1.82, 2.24) is 0 Å². The average molecular weight is 339 g/mol. The summed E-state index contributed by atoms with van der Waals surface area (Å²) in [6, 6.07) is 5.47. The highest BCUT2D eigenvalue weighted by molar-refractivity contribution is 9.10. The Morgan fingerprint density at radius 1 is 1.35 bits per heavy atom. The van der Waals surface area contributed by atoms with Crippen LogP contribution in [0.1, 0.15) is 48.9 Å². The number of benzene rings is 1. The molecule has 1 saturated carbocycles. The zero-order valence-electron chi connectivity index (χ0n) is 11.4. The molecule has 1 aliphatic heterocycles. The molecule has 1 unspecified atom stereocenters. The van der Waals surface area contributed by atoms with Gasteiger partial charge in [0.05, 0.1) is 11.7 Å². The Bertz CT molecular complexity index is 494. The highest BCUT2D eigenvalue weighted by Crippen LogP contribution is 2.43. The van der Waals surface area contributed by atoms with Crippen LogP contribution >= 0.6 is 15.9 Å². The van der Waals surface area contributed by atoms with E-state index in [4.69, 9.17) is 9.47 Å². The first-order valence-corrected chi connectivity index (χ1v) is 8.05. The lowest BCUT2D eigenvalue weighted by Crippen LogP contribution is -2.27. The molecule has 0 bridgehead atoms. The van der Waals surface area contributed by atoms with Gasteiger partial charge in [-0.05, 0) is 43.9 Å². The van der Waals surface area contributed by atoms with Crippen LogP contribution in [0.5, 0.6) is 5.75 Å². The second kappa shape index (κ2) is 5.86. The van der Waals surface area contributed by atoms with Gasteiger partial charge in [0.2, 0.25) is 0 Å². The van der Waals surface area contributed by atoms with Crippen LogP contribution in [0.25, 0.3) is 0 Å². The first kappa shape index (κ1) is 14.1. The molecule has 1 aromatic carbocycles. The molecule has 0 N–H and O–H groups in total. The molecule has 1 heterocycles. The zero-order chi connectivity index (χ0) is 14.0. The van der Waals surface area contributed by atoms with Crippen molar-refractivity contribution < 1.29 is 14.3 Å². The van der Waals surface area contributed by atoms with Gasteiger partial charge in [0, 0.05) is 10.0 Å². The smallest absolute Gasteiger partial charge is 0.151 e. The van der Waals surface area contributed by atoms with Gasteiger partial charge in [-0.15, -0.1) is 0 Å². The molecule has 1 spiro atoms. The maximum Gasteiger partial charge on any atom is 0.151 e. The number of hydrogen-bond acceptors (Lipinski definition) is 3. The second-order valence-electron chi connectivity index (χ2n) is 5.78. The van der Waals surface area contributed by atoms with Gasteiger partial charge >= 0.3 is 0 Å². The lowest BCUT2D eigenvalue weighted by atomic mass is 9.98. The summed E-state index contributed by atoms with van der Waals surface area (Å²) in [6.45, 7) is 0.571. The fourth-order valence-corrected chi connectivity index (χ4v) is 3.63. The third-order valence-corrected chi connectivity index (χ3v) is 5.11. The van der Waals surface area contributed by atoms with E-state index in [-0.39, 0.29) is 11.7 Å². The molecule has 1 aromatic rings. The summed E-state index contributed by atoms with van der Waals surface area (Å²) in [4.78, 5) is 10.9. The number of rotatable bonds is 4. The first-order valence-electron chi connectivity index (χ1n) is 7.26. The third-order valence-electron chi connectivity index (χ3n) is 4.38. The van der Waals surface area contributed by atoms with Crippen molar-refractivity contribution in [3.8, 4) is 5.75 Å². The van der Waals surface area contributed by atoms with Crippen molar-refractivity contribution in [3.63, 3.8) is 0 Å². The molecule has 0 amide bonds. The van der Waals surface area contributed by atoms with Crippen molar-refractivity contribution in [3.05, 3.63) is 28.2 Å². The van der Waals surface area contributed by atoms with Gasteiger partial charge < -0.3 is 9.47 Å². The topological polar surface area (TPSA) is 35.5 Å². The summed E-state index contributed by atoms with van der Waals surface area (Å²) in [6.07, 6.45) is 8.27. The van der Waals surface area contributed by atoms with E-state index in [1.54, 1.807) is 6.07 Å². The number of hydrogen-bond donors (Lipinski definition) is 0. The van der Waals surface area contributed by atoms with Gasteiger partial charge in [-0.25, -0.2) is 0 Å². The van der Waals surface area contributed by atoms with Gasteiger partial charge in [-0.1, -0.05) is 28.8 Å². The minimum Gasteiger partial charge on any atom is -0.491 e. The van der Waals surface area contributed by atoms with Crippen LogP contribution in [0.2, 0.25) is 0 Å². The predicted molar refractivity (Wildman–Crippen MR) is 80.3 cm³/mol. The minimum absolute atomic E-state index is 0.154. The Labute approximate surface area is 127 Å². The summed E-state index contributed by atoms with van der Waals surface area (Å²) in [7, 11) is 0. The normalized spacial score (nSPS) is 24.1. The van der Waals surface area contributed by atoms with Crippen molar-refractivity contribution in [2.75, 3.05) is 6.61 Å². The largest absolute Gasteiger partial charge is 0.491 e. The molecule has 3 rings (SSSR count). The van der Waals surface area contributed by atoms with Crippen LogP contribution in [0.3, 0.4) is 0 Å². The van der Waals surface area contributed by atoms with Gasteiger partial charge in [0.15, 0.2) is 6.29 Å². The van der Waals surface area contributed by atoms with Crippen LogP contribution in [-0.2, 0) is 4.74 Å². The minimum atomic E-state index is 0.154. The molecule has 0 aromatic heterocycles. The second-order valence-corrected chi connectivity index (χ2v) is 6.64. The maximum absolute atomic E-state index is 10.9. The van der Waals surface area contributed by atoms with E-state index in [9.17, 15) is 4.79 Å². The van der Waals surface area contributed by atoms with Crippen molar-refractivity contribution in [1.29, 1.82) is 0 Å². The number of halogens is 1. The number of carbonyl (C=O) groups is 1. The average Bonchev–Trinajstić information content (AvgIpc) is 3.09. The molecular formula is C16H19BrO3. The standard InChI is InChI=1S/C16H19BrO3/c17-15-4-3-13(9-12(15)10-18)19-11-14-5-8-16(20-14)6-1-2-7-16/h3-4,9-10,14H,1-2,5-8,11H2. The highest BCUT2D eigenvalue weighted by Gasteiger charge is 2.42. The Hall–Kier alpha value is -0.870. The van der Waals surface area contributed by atoms with E-state index in [1.165, 1.54) is 32.1 Å². The molecule has 3 nitrogen and oxygen atoms in total. The van der Waals surface area contributed by atoms with Gasteiger partial charge in [-0.3, -0.25) is 4.79 Å². The van der Waals surface area contributed by atoms with E-state index in [0.29, 0.717) is 12.2 Å². The SMILES string of the molecule is O=Cc1cc(OCC2CCC3(CCCC3)O2)ccc1Br. The molecule has 2 aliphatic rings. The monoisotopic (exact) mass is 338 g/mol. The molecule has 1 aliphatic carbocycles. The van der Waals surface area contributed by atoms with Crippen LogP contribution in [-0.4, -0.2) is 24.6 Å². The fraction of sp³-hybridized carbons (Fsp3) is 0.562. The van der Waals surface area contributed by atoms with Crippen LogP contribution in [0.15, 0.2) is 22.7 Å². The summed E-state index contributed by atoms with van der Waals surface area (Å²) >= 11 is 3.34. The Morgan fingerprint density at radius 3 is 2.90 bits per heavy atom. The van der Waals surface area contributed by atoms with Gasteiger partial charge in [0.1, 0.15) is 12.4 Å². The summed E-state index contributed by atoms with van der Waals surface area (Å²) < 4.78 is 12.8. The van der Waals surface area contributed by atoms with E-state index < -0.39 is 0 Å². The molecule has 4 heteroatoms. The van der Waals surface area contributed by atoms with Crippen molar-refractivity contribution in [2.24, 2.45) is 0 Å². The Kier molecular flexibility index (Phi) is 4.13. The Morgan fingerprint density at radius 2 is 2.15 bits per heavy atom. The molecule has 1 atom stereocenters. The fourth-order valence-electron chi connectivity index (χ4n) is 3.29. The number of ether oxygens (including phenoxy) is 2. The van der Waals surface area contributed by atoms with E-state index >= 15 is 0 Å². The van der Waals surface area contributed by atoms with Gasteiger partial charge in [0.25, 0.3) is 0 Å². The predicted octanol–water partition coefficient (Wildman–Crippen LogP) is 4.13. The molecular weight excluding hydrogens is 320 g/mol. The van der Waals surface area contributed by atoms with Crippen LogP contribution in [0.4, 0.5) is 0 Å². The molecule has 20 heavy (non-hydrogen) atoms. The Balaban J connectivity index is 1.56. The summed E-state index contributed by atoms with van der Waals surface area (Å²) in [5.74, 6) is 0.728. The maximum atomic E-state index is 10.9. The van der Waals surface area contributed by atoms with Crippen molar-refractivity contribution >= 4 is 22.2 Å². The third kappa shape index (κ3) is 2.91. The number of carbonyl (C=O) groups excluding carboxylic acids is 1. The quantitative estimate of drug-likeness (QED) is 0.774. The zero-order valence-corrected chi connectivity index (χ0v) is 13.0. The summed E-state index contributed by atoms with van der Waals surface area (Å²) in [5.41, 5.74) is 0.768. The van der Waals surface area contributed by atoms with Crippen molar-refractivity contribution in [2.45, 2.75) is 50.2 Å². The molecule has 0 radical (unpaired) electrons.